The molecule has 4 aliphatic carbocycles. The van der Waals surface area contributed by atoms with E-state index in [4.69, 9.17) is 5.73 Å². The van der Waals surface area contributed by atoms with Crippen molar-refractivity contribution in [2.45, 2.75) is 90.4 Å². The molecule has 0 amide bonds. The first-order valence-electron chi connectivity index (χ1n) is 15.5. The second kappa shape index (κ2) is 13.4. The predicted octanol–water partition coefficient (Wildman–Crippen LogP) is 10.0. The molecule has 0 aromatic heterocycles. The monoisotopic (exact) mass is 517 g/mol. The van der Waals surface area contributed by atoms with Gasteiger partial charge in [-0.1, -0.05) is 104 Å². The van der Waals surface area contributed by atoms with Gasteiger partial charge >= 0.3 is 0 Å². The topological polar surface area (TPSA) is 26.0 Å². The molecule has 0 saturated carbocycles. The number of benzene rings is 1. The number of fused-ring (bicyclic) bond motifs is 2. The summed E-state index contributed by atoms with van der Waals surface area (Å²) in [6.45, 7) is 5.45. The van der Waals surface area contributed by atoms with Crippen LogP contribution in [-0.4, -0.2) is 6.54 Å². The molecule has 0 saturated heterocycles. The van der Waals surface area contributed by atoms with Gasteiger partial charge in [-0.2, -0.15) is 0 Å². The third kappa shape index (κ3) is 6.47. The fourth-order valence-electron chi connectivity index (χ4n) is 6.95. The van der Waals surface area contributed by atoms with Crippen molar-refractivity contribution in [1.29, 1.82) is 0 Å². The Labute approximate surface area is 237 Å². The van der Waals surface area contributed by atoms with Crippen LogP contribution in [0.4, 0.5) is 0 Å². The Morgan fingerprint density at radius 1 is 0.872 bits per heavy atom. The van der Waals surface area contributed by atoms with E-state index in [9.17, 15) is 0 Å². The minimum Gasteiger partial charge on any atom is -0.330 e. The number of hydrogen-bond acceptors (Lipinski definition) is 1. The van der Waals surface area contributed by atoms with Gasteiger partial charge in [-0.15, -0.1) is 0 Å². The zero-order valence-electron chi connectivity index (χ0n) is 24.2. The van der Waals surface area contributed by atoms with Crippen LogP contribution in [0.5, 0.6) is 0 Å². The van der Waals surface area contributed by atoms with Crippen molar-refractivity contribution >= 4 is 6.08 Å². The molecule has 1 heteroatoms. The second-order valence-electron chi connectivity index (χ2n) is 11.6. The van der Waals surface area contributed by atoms with E-state index < -0.39 is 0 Å². The summed E-state index contributed by atoms with van der Waals surface area (Å²) in [5.74, 6) is 0.985. The van der Waals surface area contributed by atoms with Gasteiger partial charge in [0.05, 0.1) is 0 Å². The Morgan fingerprint density at radius 3 is 2.56 bits per heavy atom. The van der Waals surface area contributed by atoms with E-state index in [1.807, 2.05) is 0 Å². The van der Waals surface area contributed by atoms with Crippen molar-refractivity contribution in [2.75, 3.05) is 6.54 Å². The van der Waals surface area contributed by atoms with Gasteiger partial charge in [0.2, 0.25) is 0 Å². The Morgan fingerprint density at radius 2 is 1.74 bits per heavy atom. The lowest BCUT2D eigenvalue weighted by atomic mass is 9.75. The van der Waals surface area contributed by atoms with E-state index in [0.717, 1.165) is 25.8 Å². The zero-order valence-corrected chi connectivity index (χ0v) is 24.2. The summed E-state index contributed by atoms with van der Waals surface area (Å²) in [6.07, 6.45) is 36.6. The van der Waals surface area contributed by atoms with Crippen molar-refractivity contribution in [1.82, 2.24) is 0 Å². The van der Waals surface area contributed by atoms with E-state index in [1.54, 1.807) is 39.0 Å². The lowest BCUT2D eigenvalue weighted by Gasteiger charge is -2.30. The van der Waals surface area contributed by atoms with Crippen molar-refractivity contribution in [3.63, 3.8) is 0 Å². The third-order valence-electron chi connectivity index (χ3n) is 9.18. The van der Waals surface area contributed by atoms with Gasteiger partial charge in [-0.3, -0.25) is 0 Å². The molecule has 0 fully saturated rings. The smallest absolute Gasteiger partial charge is 0.000728 e. The average molecular weight is 518 g/mol. The number of hydrogen-bond donors (Lipinski definition) is 1. The van der Waals surface area contributed by atoms with Crippen molar-refractivity contribution in [2.24, 2.45) is 11.7 Å². The molecule has 2 unspecified atom stereocenters. The Balaban J connectivity index is 1.32. The molecular formula is C38H47N. The molecular weight excluding hydrogens is 470 g/mol. The molecule has 5 rings (SSSR count). The maximum atomic E-state index is 5.67. The first kappa shape index (κ1) is 27.7. The summed E-state index contributed by atoms with van der Waals surface area (Å²) in [4.78, 5) is 0. The molecule has 0 bridgehead atoms. The highest BCUT2D eigenvalue weighted by molar-refractivity contribution is 5.60. The minimum atomic E-state index is 0.452. The predicted molar refractivity (Wildman–Crippen MR) is 170 cm³/mol. The molecule has 0 aliphatic heterocycles. The lowest BCUT2D eigenvalue weighted by molar-refractivity contribution is 0.669. The average Bonchev–Trinajstić information content (AvgIpc) is 2.99. The Bertz CT molecular complexity index is 1290. The van der Waals surface area contributed by atoms with Crippen molar-refractivity contribution in [3.05, 3.63) is 123 Å². The van der Waals surface area contributed by atoms with Crippen LogP contribution in [0, 0.1) is 5.92 Å². The van der Waals surface area contributed by atoms with E-state index in [-0.39, 0.29) is 0 Å². The van der Waals surface area contributed by atoms with E-state index in [2.05, 4.69) is 92.8 Å². The van der Waals surface area contributed by atoms with Gasteiger partial charge in [0, 0.05) is 0 Å². The molecule has 39 heavy (non-hydrogen) atoms. The van der Waals surface area contributed by atoms with Gasteiger partial charge in [0.1, 0.15) is 0 Å². The van der Waals surface area contributed by atoms with Gasteiger partial charge in [0.25, 0.3) is 0 Å². The Kier molecular flexibility index (Phi) is 9.53. The highest BCUT2D eigenvalue weighted by Gasteiger charge is 2.24. The van der Waals surface area contributed by atoms with Crippen LogP contribution in [-0.2, 0) is 6.42 Å². The maximum Gasteiger partial charge on any atom is -0.000728 e. The third-order valence-corrected chi connectivity index (χ3v) is 9.18. The molecule has 1 nitrogen and oxygen atoms in total. The van der Waals surface area contributed by atoms with Gasteiger partial charge in [0.15, 0.2) is 0 Å². The highest BCUT2D eigenvalue weighted by Crippen LogP contribution is 2.43. The second-order valence-corrected chi connectivity index (χ2v) is 11.6. The highest BCUT2D eigenvalue weighted by atomic mass is 14.5. The summed E-state index contributed by atoms with van der Waals surface area (Å²) < 4.78 is 0. The van der Waals surface area contributed by atoms with Crippen LogP contribution in [0.1, 0.15) is 101 Å². The fourth-order valence-corrected chi connectivity index (χ4v) is 6.95. The van der Waals surface area contributed by atoms with Crippen LogP contribution in [0.15, 0.2) is 106 Å². The molecule has 0 radical (unpaired) electrons. The van der Waals surface area contributed by atoms with E-state index in [0.29, 0.717) is 11.8 Å². The normalized spacial score (nSPS) is 20.8. The number of rotatable bonds is 10. The molecule has 204 valence electrons. The van der Waals surface area contributed by atoms with Gasteiger partial charge in [-0.05, 0) is 128 Å². The summed E-state index contributed by atoms with van der Waals surface area (Å²) in [5, 5.41) is 0. The lowest BCUT2D eigenvalue weighted by Crippen LogP contribution is -2.11. The van der Waals surface area contributed by atoms with Gasteiger partial charge < -0.3 is 5.73 Å². The van der Waals surface area contributed by atoms with Crippen LogP contribution in [0.2, 0.25) is 0 Å². The van der Waals surface area contributed by atoms with Crippen LogP contribution < -0.4 is 5.73 Å². The summed E-state index contributed by atoms with van der Waals surface area (Å²) in [5.41, 5.74) is 19.8. The maximum absolute atomic E-state index is 5.67. The molecule has 1 aromatic rings. The van der Waals surface area contributed by atoms with Gasteiger partial charge in [-0.25, -0.2) is 0 Å². The van der Waals surface area contributed by atoms with Crippen LogP contribution in [0.3, 0.4) is 0 Å². The van der Waals surface area contributed by atoms with Crippen molar-refractivity contribution in [3.8, 4) is 0 Å². The molecule has 4 aliphatic rings. The molecule has 2 atom stereocenters. The van der Waals surface area contributed by atoms with E-state index >= 15 is 0 Å². The Hall–Kier alpha value is -2.90. The summed E-state index contributed by atoms with van der Waals surface area (Å²) in [7, 11) is 0. The van der Waals surface area contributed by atoms with Crippen molar-refractivity contribution < 1.29 is 0 Å². The summed E-state index contributed by atoms with van der Waals surface area (Å²) in [6, 6.07) is 6.83. The fraction of sp³-hybridized carbons (Fsp3) is 0.421. The molecule has 0 heterocycles. The number of allylic oxidation sites excluding steroid dienone is 14. The minimum absolute atomic E-state index is 0.452. The quantitative estimate of drug-likeness (QED) is 0.307. The molecule has 2 N–H and O–H groups in total. The number of nitrogens with two attached hydrogens (primary N) is 1. The largest absolute Gasteiger partial charge is 0.330 e. The first-order valence-corrected chi connectivity index (χ1v) is 15.5. The SMILES string of the molecule is CCC(/C=C\C(C)c1cccc2c1CCC=C2)C1=CC=C(C2=C3C=CCCC3=C(C/C=C\CCN)CC2)CC1. The zero-order chi connectivity index (χ0) is 27.0. The molecule has 0 spiro atoms. The molecule has 1 aromatic carbocycles. The standard InChI is InChI=1S/C38H47N/c1-3-29(20-19-28(2)34-18-11-14-31-13-6-7-15-35(31)34)30-21-23-33(24-22-30)37-26-25-32(12-5-4-10-27-39)36-16-8-9-17-38(36)37/h4-6,9,11,13-14,17-21,23,28-29H,3,7-8,10,12,15-16,22,24-27,39H2,1-2H3/b5-4-,20-19-. The summed E-state index contributed by atoms with van der Waals surface area (Å²) >= 11 is 0. The first-order chi connectivity index (χ1) is 19.2. The van der Waals surface area contributed by atoms with Crippen LogP contribution in [0.25, 0.3) is 6.08 Å². The van der Waals surface area contributed by atoms with E-state index in [1.165, 1.54) is 62.5 Å². The van der Waals surface area contributed by atoms with Crippen LogP contribution >= 0.6 is 0 Å².